The van der Waals surface area contributed by atoms with Crippen LogP contribution in [0.2, 0.25) is 0 Å². The Balaban J connectivity index is 2.41. The number of aromatic nitrogens is 1. The van der Waals surface area contributed by atoms with E-state index in [4.69, 9.17) is 0 Å². The summed E-state index contributed by atoms with van der Waals surface area (Å²) in [5.41, 5.74) is 4.10. The molecule has 18 heavy (non-hydrogen) atoms. The molecular formula is C15H14N2S. The summed E-state index contributed by atoms with van der Waals surface area (Å²) in [5.74, 6) is 0. The van der Waals surface area contributed by atoms with Gasteiger partial charge in [0.2, 0.25) is 0 Å². The molecule has 3 heteroatoms. The van der Waals surface area contributed by atoms with Crippen molar-refractivity contribution in [3.63, 3.8) is 0 Å². The number of nitrogens with zero attached hydrogens (tertiary/aromatic N) is 2. The average molecular weight is 254 g/mol. The minimum Gasteiger partial charge on any atom is -0.248 e. The maximum Gasteiger partial charge on any atom is 0.119 e. The topological polar surface area (TPSA) is 36.7 Å². The Morgan fingerprint density at radius 2 is 1.89 bits per heavy atom. The highest BCUT2D eigenvalue weighted by atomic mass is 32.2. The van der Waals surface area contributed by atoms with Crippen molar-refractivity contribution in [1.82, 2.24) is 4.98 Å². The molecule has 2 aromatic rings. The van der Waals surface area contributed by atoms with Crippen molar-refractivity contribution < 1.29 is 0 Å². The lowest BCUT2D eigenvalue weighted by Crippen LogP contribution is -1.91. The Kier molecular flexibility index (Phi) is 3.69. The molecule has 2 rings (SSSR count). The van der Waals surface area contributed by atoms with Gasteiger partial charge in [0.1, 0.15) is 11.1 Å². The smallest absolute Gasteiger partial charge is 0.119 e. The number of rotatable bonds is 2. The lowest BCUT2D eigenvalue weighted by Gasteiger charge is -2.08. The van der Waals surface area contributed by atoms with E-state index in [-0.39, 0.29) is 0 Å². The monoisotopic (exact) mass is 254 g/mol. The number of hydrogen-bond acceptors (Lipinski definition) is 3. The maximum absolute atomic E-state index is 9.19. The summed E-state index contributed by atoms with van der Waals surface area (Å²) < 4.78 is 0. The summed E-state index contributed by atoms with van der Waals surface area (Å²) in [6.45, 7) is 6.09. The zero-order chi connectivity index (χ0) is 13.1. The SMILES string of the molecule is Cc1ccc(Sc2nccc(C)c2C#N)c(C)c1. The van der Waals surface area contributed by atoms with Gasteiger partial charge < -0.3 is 0 Å². The number of aryl methyl sites for hydroxylation is 3. The second-order valence-corrected chi connectivity index (χ2v) is 5.32. The molecule has 0 unspecified atom stereocenters. The van der Waals surface area contributed by atoms with Crippen LogP contribution in [0.15, 0.2) is 40.4 Å². The van der Waals surface area contributed by atoms with Gasteiger partial charge in [-0.15, -0.1) is 0 Å². The third kappa shape index (κ3) is 2.55. The fourth-order valence-corrected chi connectivity index (χ4v) is 2.75. The fraction of sp³-hybridized carbons (Fsp3) is 0.200. The summed E-state index contributed by atoms with van der Waals surface area (Å²) in [6, 6.07) is 10.4. The summed E-state index contributed by atoms with van der Waals surface area (Å²) in [7, 11) is 0. The molecule has 2 nitrogen and oxygen atoms in total. The Morgan fingerprint density at radius 1 is 1.11 bits per heavy atom. The van der Waals surface area contributed by atoms with Crippen LogP contribution in [0, 0.1) is 32.1 Å². The summed E-state index contributed by atoms with van der Waals surface area (Å²) in [4.78, 5) is 5.46. The van der Waals surface area contributed by atoms with E-state index in [1.165, 1.54) is 11.1 Å². The predicted octanol–water partition coefficient (Wildman–Crippen LogP) is 4.03. The third-order valence-electron chi connectivity index (χ3n) is 2.77. The van der Waals surface area contributed by atoms with Crippen molar-refractivity contribution in [2.24, 2.45) is 0 Å². The van der Waals surface area contributed by atoms with E-state index < -0.39 is 0 Å². The van der Waals surface area contributed by atoms with Crippen LogP contribution in [-0.2, 0) is 0 Å². The Labute approximate surface area is 112 Å². The molecule has 1 aromatic heterocycles. The molecule has 0 spiro atoms. The molecule has 0 aliphatic carbocycles. The van der Waals surface area contributed by atoms with Gasteiger partial charge in [-0.1, -0.05) is 29.5 Å². The van der Waals surface area contributed by atoms with Crippen molar-refractivity contribution in [1.29, 1.82) is 5.26 Å². The van der Waals surface area contributed by atoms with Crippen LogP contribution in [0.1, 0.15) is 22.3 Å². The number of hydrogen-bond donors (Lipinski definition) is 0. The van der Waals surface area contributed by atoms with E-state index in [2.05, 4.69) is 43.1 Å². The minimum absolute atomic E-state index is 0.669. The van der Waals surface area contributed by atoms with Crippen molar-refractivity contribution in [3.05, 3.63) is 52.7 Å². The quantitative estimate of drug-likeness (QED) is 0.812. The zero-order valence-corrected chi connectivity index (χ0v) is 11.5. The first kappa shape index (κ1) is 12.7. The first-order valence-electron chi connectivity index (χ1n) is 5.72. The van der Waals surface area contributed by atoms with Crippen LogP contribution < -0.4 is 0 Å². The van der Waals surface area contributed by atoms with Crippen LogP contribution in [0.3, 0.4) is 0 Å². The normalized spacial score (nSPS) is 10.1. The Morgan fingerprint density at radius 3 is 2.56 bits per heavy atom. The maximum atomic E-state index is 9.19. The highest BCUT2D eigenvalue weighted by molar-refractivity contribution is 7.99. The molecular weight excluding hydrogens is 240 g/mol. The molecule has 0 atom stereocenters. The molecule has 0 amide bonds. The van der Waals surface area contributed by atoms with E-state index in [0.29, 0.717) is 5.56 Å². The molecule has 0 bridgehead atoms. The van der Waals surface area contributed by atoms with E-state index in [1.54, 1.807) is 18.0 Å². The summed E-state index contributed by atoms with van der Waals surface area (Å²) >= 11 is 1.55. The van der Waals surface area contributed by atoms with Gasteiger partial charge in [-0.05, 0) is 44.0 Å². The van der Waals surface area contributed by atoms with Crippen LogP contribution in [0.5, 0.6) is 0 Å². The van der Waals surface area contributed by atoms with Gasteiger partial charge in [0, 0.05) is 11.1 Å². The lowest BCUT2D eigenvalue weighted by atomic mass is 10.2. The molecule has 90 valence electrons. The van der Waals surface area contributed by atoms with Crippen LogP contribution in [0.4, 0.5) is 0 Å². The zero-order valence-electron chi connectivity index (χ0n) is 10.7. The Bertz CT molecular complexity index is 627. The van der Waals surface area contributed by atoms with Crippen molar-refractivity contribution in [3.8, 4) is 6.07 Å². The largest absolute Gasteiger partial charge is 0.248 e. The molecule has 0 N–H and O–H groups in total. The highest BCUT2D eigenvalue weighted by Crippen LogP contribution is 2.32. The van der Waals surface area contributed by atoms with Crippen molar-refractivity contribution in [2.45, 2.75) is 30.7 Å². The highest BCUT2D eigenvalue weighted by Gasteiger charge is 2.09. The average Bonchev–Trinajstić information content (AvgIpc) is 2.33. The summed E-state index contributed by atoms with van der Waals surface area (Å²) in [5, 5.41) is 9.97. The van der Waals surface area contributed by atoms with Crippen LogP contribution >= 0.6 is 11.8 Å². The second-order valence-electron chi connectivity index (χ2n) is 4.29. The molecule has 0 saturated carbocycles. The Hall–Kier alpha value is -1.79. The number of pyridine rings is 1. The predicted molar refractivity (Wildman–Crippen MR) is 73.7 cm³/mol. The van der Waals surface area contributed by atoms with E-state index in [1.807, 2.05) is 13.0 Å². The lowest BCUT2D eigenvalue weighted by molar-refractivity contribution is 1.08. The van der Waals surface area contributed by atoms with Crippen molar-refractivity contribution in [2.75, 3.05) is 0 Å². The molecule has 0 aliphatic heterocycles. The van der Waals surface area contributed by atoms with Gasteiger partial charge >= 0.3 is 0 Å². The van der Waals surface area contributed by atoms with Crippen LogP contribution in [-0.4, -0.2) is 4.98 Å². The minimum atomic E-state index is 0.669. The first-order valence-corrected chi connectivity index (χ1v) is 6.54. The van der Waals surface area contributed by atoms with Gasteiger partial charge in [-0.25, -0.2) is 4.98 Å². The molecule has 0 aliphatic rings. The van der Waals surface area contributed by atoms with Crippen LogP contribution in [0.25, 0.3) is 0 Å². The number of nitriles is 1. The molecule has 1 heterocycles. The third-order valence-corrected chi connectivity index (χ3v) is 3.95. The molecule has 1 aromatic carbocycles. The molecule has 0 saturated heterocycles. The van der Waals surface area contributed by atoms with E-state index >= 15 is 0 Å². The van der Waals surface area contributed by atoms with E-state index in [0.717, 1.165) is 15.5 Å². The number of benzene rings is 1. The van der Waals surface area contributed by atoms with Crippen molar-refractivity contribution >= 4 is 11.8 Å². The second kappa shape index (κ2) is 5.24. The van der Waals surface area contributed by atoms with Gasteiger partial charge in [0.25, 0.3) is 0 Å². The van der Waals surface area contributed by atoms with Gasteiger partial charge in [0.15, 0.2) is 0 Å². The first-order chi connectivity index (χ1) is 8.61. The summed E-state index contributed by atoms with van der Waals surface area (Å²) in [6.07, 6.45) is 1.75. The molecule has 0 fully saturated rings. The van der Waals surface area contributed by atoms with Gasteiger partial charge in [0.05, 0.1) is 5.56 Å². The molecule has 0 radical (unpaired) electrons. The van der Waals surface area contributed by atoms with Gasteiger partial charge in [-0.2, -0.15) is 5.26 Å². The standard InChI is InChI=1S/C15H14N2S/c1-10-4-5-14(12(3)8-10)18-15-13(9-16)11(2)6-7-17-15/h4-8H,1-3H3. The van der Waals surface area contributed by atoms with Gasteiger partial charge in [-0.3, -0.25) is 0 Å². The van der Waals surface area contributed by atoms with E-state index in [9.17, 15) is 5.26 Å². The fourth-order valence-electron chi connectivity index (χ4n) is 1.76.